The van der Waals surface area contributed by atoms with Gasteiger partial charge in [0, 0.05) is 5.56 Å². The molecule has 0 atom stereocenters. The van der Waals surface area contributed by atoms with Crippen LogP contribution in [-0.2, 0) is 6.42 Å². The third-order valence-corrected chi connectivity index (χ3v) is 3.90. The number of allylic oxidation sites excluding steroid dienone is 1. The lowest BCUT2D eigenvalue weighted by Crippen LogP contribution is -2.28. The van der Waals surface area contributed by atoms with Gasteiger partial charge in [-0.3, -0.25) is 4.79 Å². The summed E-state index contributed by atoms with van der Waals surface area (Å²) in [5.74, 6) is 1.49. The Morgan fingerprint density at radius 1 is 1.16 bits per heavy atom. The standard InChI is InChI=1S/C21H25NO3/c1-5-6-17-14-18(9-10-19(17)24-4)21(23)22-11-12-25-20-13-15(2)7-8-16(20)3/h5,7-10,13-14H,1,6,11-12H2,2-4H3,(H,22,23). The number of amides is 1. The van der Waals surface area contributed by atoms with Crippen molar-refractivity contribution >= 4 is 5.91 Å². The van der Waals surface area contributed by atoms with Crippen molar-refractivity contribution in [3.8, 4) is 11.5 Å². The van der Waals surface area contributed by atoms with Gasteiger partial charge in [0.05, 0.1) is 13.7 Å². The van der Waals surface area contributed by atoms with E-state index >= 15 is 0 Å². The van der Waals surface area contributed by atoms with Crippen molar-refractivity contribution in [2.75, 3.05) is 20.3 Å². The number of nitrogens with one attached hydrogen (secondary N) is 1. The number of benzene rings is 2. The molecule has 25 heavy (non-hydrogen) atoms. The van der Waals surface area contributed by atoms with Crippen molar-refractivity contribution in [3.63, 3.8) is 0 Å². The zero-order valence-corrected chi connectivity index (χ0v) is 15.1. The molecule has 0 aromatic heterocycles. The molecular formula is C21H25NO3. The normalized spacial score (nSPS) is 10.2. The lowest BCUT2D eigenvalue weighted by Gasteiger charge is -2.12. The SMILES string of the molecule is C=CCc1cc(C(=O)NCCOc2cc(C)ccc2C)ccc1OC. The second-order valence-electron chi connectivity index (χ2n) is 5.89. The summed E-state index contributed by atoms with van der Waals surface area (Å²) in [5.41, 5.74) is 3.78. The van der Waals surface area contributed by atoms with Gasteiger partial charge in [0.25, 0.3) is 5.91 Å². The molecule has 2 aromatic carbocycles. The fourth-order valence-electron chi connectivity index (χ4n) is 2.53. The molecule has 0 saturated heterocycles. The highest BCUT2D eigenvalue weighted by atomic mass is 16.5. The molecular weight excluding hydrogens is 314 g/mol. The van der Waals surface area contributed by atoms with Crippen LogP contribution >= 0.6 is 0 Å². The maximum atomic E-state index is 12.3. The Morgan fingerprint density at radius 2 is 1.96 bits per heavy atom. The van der Waals surface area contributed by atoms with Crippen LogP contribution in [0.15, 0.2) is 49.1 Å². The molecule has 4 heteroatoms. The van der Waals surface area contributed by atoms with Gasteiger partial charge in [-0.15, -0.1) is 6.58 Å². The number of methoxy groups -OCH3 is 1. The predicted octanol–water partition coefficient (Wildman–Crippen LogP) is 3.85. The van der Waals surface area contributed by atoms with Crippen LogP contribution in [0.4, 0.5) is 0 Å². The number of aryl methyl sites for hydroxylation is 2. The van der Waals surface area contributed by atoms with Crippen LogP contribution in [0.5, 0.6) is 11.5 Å². The minimum atomic E-state index is -0.127. The minimum absolute atomic E-state index is 0.127. The molecule has 0 aliphatic heterocycles. The van der Waals surface area contributed by atoms with E-state index in [0.717, 1.165) is 28.2 Å². The molecule has 1 N–H and O–H groups in total. The van der Waals surface area contributed by atoms with Crippen molar-refractivity contribution in [1.29, 1.82) is 0 Å². The van der Waals surface area contributed by atoms with Crippen LogP contribution in [0.25, 0.3) is 0 Å². The summed E-state index contributed by atoms with van der Waals surface area (Å²) in [5, 5.41) is 2.88. The first-order valence-electron chi connectivity index (χ1n) is 8.31. The van der Waals surface area contributed by atoms with Crippen LogP contribution in [0, 0.1) is 13.8 Å². The highest BCUT2D eigenvalue weighted by Gasteiger charge is 2.09. The van der Waals surface area contributed by atoms with Crippen molar-refractivity contribution in [2.45, 2.75) is 20.3 Å². The molecule has 0 aliphatic carbocycles. The van der Waals surface area contributed by atoms with Gasteiger partial charge in [-0.05, 0) is 61.2 Å². The van der Waals surface area contributed by atoms with E-state index in [9.17, 15) is 4.79 Å². The van der Waals surface area contributed by atoms with Crippen LogP contribution < -0.4 is 14.8 Å². The molecule has 0 radical (unpaired) electrons. The van der Waals surface area contributed by atoms with E-state index in [1.54, 1.807) is 25.3 Å². The molecule has 0 bridgehead atoms. The monoisotopic (exact) mass is 339 g/mol. The topological polar surface area (TPSA) is 47.6 Å². The Balaban J connectivity index is 1.91. The highest BCUT2D eigenvalue weighted by molar-refractivity contribution is 5.94. The summed E-state index contributed by atoms with van der Waals surface area (Å²) in [7, 11) is 1.62. The average Bonchev–Trinajstić information content (AvgIpc) is 2.61. The first-order valence-corrected chi connectivity index (χ1v) is 8.31. The van der Waals surface area contributed by atoms with Gasteiger partial charge in [0.2, 0.25) is 0 Å². The number of ether oxygens (including phenoxy) is 2. The van der Waals surface area contributed by atoms with Crippen molar-refractivity contribution in [2.24, 2.45) is 0 Å². The molecule has 0 saturated carbocycles. The molecule has 0 aliphatic rings. The summed E-state index contributed by atoms with van der Waals surface area (Å²) in [6.45, 7) is 8.63. The molecule has 2 rings (SSSR count). The summed E-state index contributed by atoms with van der Waals surface area (Å²) in [6, 6.07) is 11.5. The van der Waals surface area contributed by atoms with Crippen LogP contribution in [-0.4, -0.2) is 26.2 Å². The van der Waals surface area contributed by atoms with E-state index < -0.39 is 0 Å². The summed E-state index contributed by atoms with van der Waals surface area (Å²) in [6.07, 6.45) is 2.44. The van der Waals surface area contributed by atoms with Crippen molar-refractivity contribution < 1.29 is 14.3 Å². The van der Waals surface area contributed by atoms with Gasteiger partial charge in [-0.1, -0.05) is 18.2 Å². The molecule has 2 aromatic rings. The molecule has 1 amide bonds. The van der Waals surface area contributed by atoms with Gasteiger partial charge in [0.1, 0.15) is 18.1 Å². The van der Waals surface area contributed by atoms with Gasteiger partial charge < -0.3 is 14.8 Å². The first-order chi connectivity index (χ1) is 12.0. The van der Waals surface area contributed by atoms with Crippen molar-refractivity contribution in [3.05, 3.63) is 71.3 Å². The van der Waals surface area contributed by atoms with Crippen LogP contribution in [0.1, 0.15) is 27.0 Å². The maximum absolute atomic E-state index is 12.3. The molecule has 0 fully saturated rings. The van der Waals surface area contributed by atoms with Crippen LogP contribution in [0.2, 0.25) is 0 Å². The smallest absolute Gasteiger partial charge is 0.251 e. The number of carbonyl (C=O) groups is 1. The Hall–Kier alpha value is -2.75. The summed E-state index contributed by atoms with van der Waals surface area (Å²) in [4.78, 5) is 12.3. The lowest BCUT2D eigenvalue weighted by atomic mass is 10.1. The quantitative estimate of drug-likeness (QED) is 0.587. The molecule has 0 unspecified atom stereocenters. The zero-order valence-electron chi connectivity index (χ0n) is 15.1. The van der Waals surface area contributed by atoms with E-state index in [1.165, 1.54) is 0 Å². The maximum Gasteiger partial charge on any atom is 0.251 e. The highest BCUT2D eigenvalue weighted by Crippen LogP contribution is 2.21. The number of carbonyl (C=O) groups excluding carboxylic acids is 1. The third kappa shape index (κ3) is 5.11. The fourth-order valence-corrected chi connectivity index (χ4v) is 2.53. The Labute approximate surface area is 149 Å². The fraction of sp³-hybridized carbons (Fsp3) is 0.286. The van der Waals surface area contributed by atoms with Gasteiger partial charge in [-0.25, -0.2) is 0 Å². The number of hydrogen-bond donors (Lipinski definition) is 1. The lowest BCUT2D eigenvalue weighted by molar-refractivity contribution is 0.0947. The van der Waals surface area contributed by atoms with Crippen LogP contribution in [0.3, 0.4) is 0 Å². The second kappa shape index (κ2) is 8.92. The average molecular weight is 339 g/mol. The zero-order chi connectivity index (χ0) is 18.2. The first kappa shape index (κ1) is 18.6. The molecule has 0 spiro atoms. The van der Waals surface area contributed by atoms with E-state index in [4.69, 9.17) is 9.47 Å². The van der Waals surface area contributed by atoms with E-state index in [0.29, 0.717) is 25.1 Å². The molecule has 0 heterocycles. The van der Waals surface area contributed by atoms with Crippen molar-refractivity contribution in [1.82, 2.24) is 5.32 Å². The molecule has 132 valence electrons. The summed E-state index contributed by atoms with van der Waals surface area (Å²) >= 11 is 0. The second-order valence-corrected chi connectivity index (χ2v) is 5.89. The van der Waals surface area contributed by atoms with Gasteiger partial charge in [0.15, 0.2) is 0 Å². The summed E-state index contributed by atoms with van der Waals surface area (Å²) < 4.78 is 11.1. The Bertz CT molecular complexity index is 753. The molecule has 4 nitrogen and oxygen atoms in total. The minimum Gasteiger partial charge on any atom is -0.496 e. The number of rotatable bonds is 8. The van der Waals surface area contributed by atoms with E-state index in [2.05, 4.69) is 18.0 Å². The Morgan fingerprint density at radius 3 is 2.68 bits per heavy atom. The van der Waals surface area contributed by atoms with E-state index in [1.807, 2.05) is 32.0 Å². The largest absolute Gasteiger partial charge is 0.496 e. The van der Waals surface area contributed by atoms with Gasteiger partial charge in [-0.2, -0.15) is 0 Å². The van der Waals surface area contributed by atoms with Gasteiger partial charge >= 0.3 is 0 Å². The number of hydrogen-bond acceptors (Lipinski definition) is 3. The predicted molar refractivity (Wildman–Crippen MR) is 101 cm³/mol. The Kier molecular flexibility index (Phi) is 6.63. The third-order valence-electron chi connectivity index (χ3n) is 3.90. The van der Waals surface area contributed by atoms with E-state index in [-0.39, 0.29) is 5.91 Å².